The zero-order chi connectivity index (χ0) is 94.6. The van der Waals surface area contributed by atoms with Gasteiger partial charge in [-0.15, -0.1) is 23.7 Å². The maximum Gasteiger partial charge on any atom is 0.149 e. The van der Waals surface area contributed by atoms with Crippen molar-refractivity contribution >= 4 is 90.1 Å². The van der Waals surface area contributed by atoms with Gasteiger partial charge >= 0.3 is 0 Å². The van der Waals surface area contributed by atoms with E-state index < -0.39 is 27.1 Å². The van der Waals surface area contributed by atoms with Crippen molar-refractivity contribution in [3.05, 3.63) is 548 Å². The number of hydrogen-bond acceptors (Lipinski definition) is 8. The van der Waals surface area contributed by atoms with Gasteiger partial charge in [-0.2, -0.15) is 0 Å². The highest BCUT2D eigenvalue weighted by Gasteiger charge is 2.51. The van der Waals surface area contributed by atoms with E-state index in [1.807, 2.05) is 74.7 Å². The molecule has 4 aliphatic heterocycles. The molecule has 141 heavy (non-hydrogen) atoms. The number of hydrogen-bond donors (Lipinski definition) is 0. The van der Waals surface area contributed by atoms with Crippen molar-refractivity contribution in [3.8, 4) is 70.4 Å². The van der Waals surface area contributed by atoms with E-state index in [9.17, 15) is 0 Å². The van der Waals surface area contributed by atoms with Crippen LogP contribution in [-0.4, -0.2) is 26.4 Å². The molecule has 0 fully saturated rings. The summed E-state index contributed by atoms with van der Waals surface area (Å²) in [5.74, 6) is 27.5. The Morgan fingerprint density at radius 2 is 0.348 bits per heavy atom. The Kier molecular flexibility index (Phi) is 23.0. The molecule has 0 saturated heterocycles. The topological polar surface area (TPSA) is 36.9 Å². The van der Waals surface area contributed by atoms with Gasteiger partial charge in [0, 0.05) is 39.2 Å². The van der Waals surface area contributed by atoms with Crippen LogP contribution in [0.15, 0.2) is 476 Å². The molecule has 672 valence electrons. The van der Waals surface area contributed by atoms with Gasteiger partial charge in [0.05, 0.1) is 27.1 Å². The molecular weight excluding hydrogens is 1790 g/mol. The smallest absolute Gasteiger partial charge is 0.149 e. The minimum absolute atomic E-state index is 0.313. The lowest BCUT2D eigenvalue weighted by Crippen LogP contribution is -2.36. The second kappa shape index (κ2) is 36.9. The third-order valence-corrected chi connectivity index (χ3v) is 33.7. The molecule has 0 N–H and O–H groups in total. The van der Waals surface area contributed by atoms with Crippen molar-refractivity contribution in [1.82, 2.24) is 0 Å². The summed E-state index contributed by atoms with van der Waals surface area (Å²) in [6.45, 7) is 8.65. The first-order valence-electron chi connectivity index (χ1n) is 47.8. The van der Waals surface area contributed by atoms with E-state index in [0.29, 0.717) is 26.4 Å². The molecule has 4 nitrogen and oxygen atoms in total. The average Bonchev–Trinajstić information content (AvgIpc) is 0.697. The van der Waals surface area contributed by atoms with Crippen LogP contribution in [0.5, 0.6) is 23.0 Å². The lowest BCUT2D eigenvalue weighted by atomic mass is 9.60. The van der Waals surface area contributed by atoms with Crippen molar-refractivity contribution in [2.45, 2.75) is 93.9 Å². The van der Waals surface area contributed by atoms with Gasteiger partial charge in [-0.05, 0) is 303 Å². The molecule has 0 spiro atoms. The average molecular weight is 1880 g/mol. The summed E-state index contributed by atoms with van der Waals surface area (Å²) in [4.78, 5) is 9.65. The summed E-state index contributed by atoms with van der Waals surface area (Å²) < 4.78 is 25.0. The SMILES string of the molecule is CC#CCOc1ccc2cc(C3(c4ccc(C(c5ccc(C6(c7ccc8cc(OCC#CC)ccc8c7)c7ccccc7Sc7ccccc76)cc5)(c5ccc(C6(c7ccc8cc(OCC#CC)ccc8c7)c7ccccc7Sc7ccccc76)cc5)c5ccc(C6(c7ccc8cc(OCC#CC)ccc8c7)c7ccccc7Sc7ccccc76)cc5)cc4)c4ccccc4Sc4ccccc43)ccc2c1. The molecule has 0 atom stereocenters. The van der Waals surface area contributed by atoms with Gasteiger partial charge in [0.25, 0.3) is 0 Å². The fourth-order valence-electron chi connectivity index (χ4n) is 23.0. The molecule has 0 bridgehead atoms. The van der Waals surface area contributed by atoms with Crippen LogP contribution < -0.4 is 18.9 Å². The summed E-state index contributed by atoms with van der Waals surface area (Å²) in [5.41, 5.74) is 18.8. The molecule has 0 saturated carbocycles. The summed E-state index contributed by atoms with van der Waals surface area (Å²) >= 11 is 7.40. The molecular formula is C133H92O4S4. The molecule has 20 aromatic carbocycles. The summed E-state index contributed by atoms with van der Waals surface area (Å²) in [5, 5.41) is 8.76. The fourth-order valence-corrected chi connectivity index (χ4v) is 27.7. The van der Waals surface area contributed by atoms with Crippen LogP contribution >= 0.6 is 47.0 Å². The lowest BCUT2D eigenvalue weighted by molar-refractivity contribution is 0.370. The molecule has 0 radical (unpaired) electrons. The number of fused-ring (bicyclic) bond motifs is 12. The van der Waals surface area contributed by atoms with Crippen LogP contribution in [0.2, 0.25) is 0 Å². The van der Waals surface area contributed by atoms with Crippen LogP contribution in [0.3, 0.4) is 0 Å². The third kappa shape index (κ3) is 14.6. The van der Waals surface area contributed by atoms with Crippen LogP contribution in [0.4, 0.5) is 0 Å². The van der Waals surface area contributed by atoms with Crippen molar-refractivity contribution in [3.63, 3.8) is 0 Å². The highest BCUT2D eigenvalue weighted by Crippen LogP contribution is 2.63. The summed E-state index contributed by atoms with van der Waals surface area (Å²) in [6, 6.07) is 166. The fraction of sp³-hybridized carbons (Fsp3) is 0.0977. The normalized spacial score (nSPS) is 13.8. The zero-order valence-corrected chi connectivity index (χ0v) is 81.4. The molecule has 0 amide bonds. The van der Waals surface area contributed by atoms with Gasteiger partial charge < -0.3 is 18.9 Å². The van der Waals surface area contributed by atoms with E-state index in [1.54, 1.807) is 0 Å². The minimum atomic E-state index is -1.13. The summed E-state index contributed by atoms with van der Waals surface area (Å²) in [6.07, 6.45) is 0. The summed E-state index contributed by atoms with van der Waals surface area (Å²) in [7, 11) is 0. The molecule has 24 rings (SSSR count). The van der Waals surface area contributed by atoms with Gasteiger partial charge in [-0.1, -0.05) is 386 Å². The number of rotatable bonds is 20. The number of benzene rings is 20. The van der Waals surface area contributed by atoms with Crippen molar-refractivity contribution < 1.29 is 18.9 Å². The molecule has 0 aliphatic carbocycles. The Morgan fingerprint density at radius 3 is 0.532 bits per heavy atom. The molecule has 0 unspecified atom stereocenters. The predicted molar refractivity (Wildman–Crippen MR) is 580 cm³/mol. The first kappa shape index (κ1) is 88.0. The van der Waals surface area contributed by atoms with Crippen molar-refractivity contribution in [2.75, 3.05) is 26.4 Å². The number of ether oxygens (including phenoxy) is 4. The highest BCUT2D eigenvalue weighted by molar-refractivity contribution is 8.00. The van der Waals surface area contributed by atoms with E-state index >= 15 is 0 Å². The van der Waals surface area contributed by atoms with Gasteiger partial charge in [0.2, 0.25) is 0 Å². The van der Waals surface area contributed by atoms with Gasteiger partial charge in [-0.25, -0.2) is 0 Å². The van der Waals surface area contributed by atoms with E-state index in [0.717, 1.165) is 133 Å². The van der Waals surface area contributed by atoms with E-state index in [-0.39, 0.29) is 0 Å². The zero-order valence-electron chi connectivity index (χ0n) is 78.2. The van der Waals surface area contributed by atoms with Gasteiger partial charge in [0.1, 0.15) is 49.4 Å². The predicted octanol–water partition coefficient (Wildman–Crippen LogP) is 31.7. The van der Waals surface area contributed by atoms with Crippen LogP contribution in [0.25, 0.3) is 43.1 Å². The Hall–Kier alpha value is -15.7. The van der Waals surface area contributed by atoms with E-state index in [2.05, 4.69) is 484 Å². The minimum Gasteiger partial charge on any atom is -0.481 e. The standard InChI is InChI=1S/C133H92O4S4/c1-5-9-77-134-109-73-49-89-81-105(53-45-93(89)85-109)130(113-29-13-21-37-121(113)138-122-38-22-14-30-114(122)130)101-65-57-97(58-66-101)129(98-59-67-102(68-60-98)131(115-31-15-23-39-123(115)139-124-40-24-16-32-116(124)131)106-54-46-94-86-110(135-78-10-6-2)74-50-90(94)82-106,99-61-69-103(70-62-99)132(117-33-17-25-41-125(117)140-126-42-26-18-34-118(126)132)107-55-47-95-87-111(136-79-11-7-3)75-51-91(95)83-107)100-63-71-104(72-64-100)133(119-35-19-27-43-127(119)141-128-44-28-20-36-120(128)133)108-56-48-96-88-112(137-80-12-8-4)76-52-92(96)84-108/h13-76,81-88H,77-80H2,1-4H3. The largest absolute Gasteiger partial charge is 0.481 e. The Morgan fingerprint density at radius 1 is 0.184 bits per heavy atom. The first-order chi connectivity index (χ1) is 69.6. The van der Waals surface area contributed by atoms with Gasteiger partial charge in [-0.3, -0.25) is 0 Å². The Labute approximate surface area is 841 Å². The lowest BCUT2D eigenvalue weighted by Gasteiger charge is -2.44. The third-order valence-electron chi connectivity index (χ3n) is 29.1. The van der Waals surface area contributed by atoms with E-state index in [4.69, 9.17) is 18.9 Å². The van der Waals surface area contributed by atoms with Crippen LogP contribution in [-0.2, 0) is 27.1 Å². The maximum atomic E-state index is 6.25. The quantitative estimate of drug-likeness (QED) is 0.0552. The maximum absolute atomic E-state index is 6.25. The van der Waals surface area contributed by atoms with Crippen LogP contribution in [0.1, 0.15) is 139 Å². The van der Waals surface area contributed by atoms with E-state index in [1.165, 1.54) is 83.7 Å². The molecule has 4 aliphatic rings. The van der Waals surface area contributed by atoms with Crippen molar-refractivity contribution in [2.24, 2.45) is 0 Å². The van der Waals surface area contributed by atoms with Crippen molar-refractivity contribution in [1.29, 1.82) is 0 Å². The highest BCUT2D eigenvalue weighted by atomic mass is 32.2. The molecule has 0 aromatic heterocycles. The van der Waals surface area contributed by atoms with Gasteiger partial charge in [0.15, 0.2) is 0 Å². The molecule has 8 heteroatoms. The molecule has 20 aromatic rings. The Balaban J connectivity index is 0.790. The van der Waals surface area contributed by atoms with Crippen LogP contribution in [0, 0.1) is 47.4 Å². The first-order valence-corrected chi connectivity index (χ1v) is 51.1. The monoisotopic (exact) mass is 1880 g/mol. The second-order valence-electron chi connectivity index (χ2n) is 36.2. The Bertz CT molecular complexity index is 7470. The molecule has 4 heterocycles. The second-order valence-corrected chi connectivity index (χ2v) is 40.5.